The van der Waals surface area contributed by atoms with Gasteiger partial charge >= 0.3 is 0 Å². The van der Waals surface area contributed by atoms with Crippen molar-refractivity contribution in [1.82, 2.24) is 9.97 Å². The number of aromatic nitrogens is 2. The van der Waals surface area contributed by atoms with E-state index < -0.39 is 5.82 Å². The Morgan fingerprint density at radius 3 is 2.76 bits per heavy atom. The molecule has 1 heterocycles. The zero-order valence-corrected chi connectivity index (χ0v) is 9.57. The van der Waals surface area contributed by atoms with E-state index in [-0.39, 0.29) is 11.6 Å². The number of rotatable bonds is 2. The first-order valence-electron chi connectivity index (χ1n) is 5.05. The highest BCUT2D eigenvalue weighted by molar-refractivity contribution is 5.65. The molecular formula is C12H12FN3O. The summed E-state index contributed by atoms with van der Waals surface area (Å²) in [6.45, 7) is 1.86. The van der Waals surface area contributed by atoms with Gasteiger partial charge in [0.05, 0.1) is 13.3 Å². The first-order chi connectivity index (χ1) is 8.11. The van der Waals surface area contributed by atoms with E-state index in [0.29, 0.717) is 11.3 Å². The summed E-state index contributed by atoms with van der Waals surface area (Å²) < 4.78 is 18.7. The molecule has 0 bridgehead atoms. The molecule has 1 aromatic carbocycles. The minimum Gasteiger partial charge on any atom is -0.497 e. The maximum Gasteiger partial charge on any atom is 0.220 e. The fourth-order valence-corrected chi connectivity index (χ4v) is 1.60. The molecule has 88 valence electrons. The molecule has 0 aliphatic heterocycles. The van der Waals surface area contributed by atoms with Gasteiger partial charge in [0.1, 0.15) is 11.4 Å². The minimum absolute atomic E-state index is 0.0524. The zero-order valence-electron chi connectivity index (χ0n) is 9.57. The first kappa shape index (κ1) is 11.3. The molecule has 0 unspecified atom stereocenters. The molecular weight excluding hydrogens is 221 g/mol. The van der Waals surface area contributed by atoms with Gasteiger partial charge in [-0.3, -0.25) is 0 Å². The third-order valence-electron chi connectivity index (χ3n) is 2.45. The number of methoxy groups -OCH3 is 1. The highest BCUT2D eigenvalue weighted by Crippen LogP contribution is 2.27. The molecule has 0 atom stereocenters. The summed E-state index contributed by atoms with van der Waals surface area (Å²) in [4.78, 5) is 7.51. The van der Waals surface area contributed by atoms with Gasteiger partial charge in [0.15, 0.2) is 5.82 Å². The molecule has 0 aliphatic carbocycles. The standard InChI is InChI=1S/C12H12FN3O/c1-7-5-8(17-2)3-4-9(7)11-10(13)6-15-12(14)16-11/h3-6H,1-2H3,(H2,14,15,16). The van der Waals surface area contributed by atoms with E-state index >= 15 is 0 Å². The zero-order chi connectivity index (χ0) is 12.4. The van der Waals surface area contributed by atoms with E-state index in [0.717, 1.165) is 11.8 Å². The monoisotopic (exact) mass is 233 g/mol. The number of halogens is 1. The SMILES string of the molecule is COc1ccc(-c2nc(N)ncc2F)c(C)c1. The molecule has 4 nitrogen and oxygen atoms in total. The lowest BCUT2D eigenvalue weighted by Gasteiger charge is -2.08. The Balaban J connectivity index is 2.56. The Labute approximate surface area is 98.3 Å². The van der Waals surface area contributed by atoms with Crippen molar-refractivity contribution in [2.45, 2.75) is 6.92 Å². The Morgan fingerprint density at radius 2 is 2.12 bits per heavy atom. The Hall–Kier alpha value is -2.17. The summed E-state index contributed by atoms with van der Waals surface area (Å²) in [5, 5.41) is 0. The third kappa shape index (κ3) is 2.18. The van der Waals surface area contributed by atoms with Crippen LogP contribution in [0.3, 0.4) is 0 Å². The maximum absolute atomic E-state index is 13.6. The van der Waals surface area contributed by atoms with Crippen LogP contribution < -0.4 is 10.5 Å². The van der Waals surface area contributed by atoms with Gasteiger partial charge in [0, 0.05) is 5.56 Å². The molecule has 2 aromatic rings. The quantitative estimate of drug-likeness (QED) is 0.863. The Morgan fingerprint density at radius 1 is 1.35 bits per heavy atom. The fraction of sp³-hybridized carbons (Fsp3) is 0.167. The van der Waals surface area contributed by atoms with Gasteiger partial charge in [-0.2, -0.15) is 0 Å². The average Bonchev–Trinajstić information content (AvgIpc) is 2.32. The molecule has 1 aromatic heterocycles. The van der Waals surface area contributed by atoms with Crippen molar-refractivity contribution >= 4 is 5.95 Å². The summed E-state index contributed by atoms with van der Waals surface area (Å²) in [7, 11) is 1.58. The molecule has 0 radical (unpaired) electrons. The average molecular weight is 233 g/mol. The maximum atomic E-state index is 13.6. The minimum atomic E-state index is -0.493. The van der Waals surface area contributed by atoms with Gasteiger partial charge in [0.25, 0.3) is 0 Å². The number of nitrogens with zero attached hydrogens (tertiary/aromatic N) is 2. The number of ether oxygens (including phenoxy) is 1. The number of nitrogen functional groups attached to an aromatic ring is 1. The lowest BCUT2D eigenvalue weighted by molar-refractivity contribution is 0.414. The molecule has 0 spiro atoms. The molecule has 0 amide bonds. The van der Waals surface area contributed by atoms with Gasteiger partial charge in [0.2, 0.25) is 5.95 Å². The van der Waals surface area contributed by atoms with Gasteiger partial charge in [-0.1, -0.05) is 0 Å². The van der Waals surface area contributed by atoms with Crippen molar-refractivity contribution < 1.29 is 9.13 Å². The van der Waals surface area contributed by atoms with Crippen molar-refractivity contribution in [2.75, 3.05) is 12.8 Å². The summed E-state index contributed by atoms with van der Waals surface area (Å²) in [5.41, 5.74) is 7.20. The number of hydrogen-bond donors (Lipinski definition) is 1. The number of nitrogens with two attached hydrogens (primary N) is 1. The molecule has 5 heteroatoms. The largest absolute Gasteiger partial charge is 0.497 e. The van der Waals surface area contributed by atoms with E-state index in [1.807, 2.05) is 13.0 Å². The molecule has 0 saturated carbocycles. The summed E-state index contributed by atoms with van der Waals surface area (Å²) >= 11 is 0. The van der Waals surface area contributed by atoms with Crippen LogP contribution in [0.25, 0.3) is 11.3 Å². The van der Waals surface area contributed by atoms with Crippen LogP contribution in [0.5, 0.6) is 5.75 Å². The number of hydrogen-bond acceptors (Lipinski definition) is 4. The predicted octanol–water partition coefficient (Wildman–Crippen LogP) is 2.18. The van der Waals surface area contributed by atoms with E-state index in [1.165, 1.54) is 0 Å². The van der Waals surface area contributed by atoms with Crippen LogP contribution in [-0.4, -0.2) is 17.1 Å². The van der Waals surface area contributed by atoms with Crippen molar-refractivity contribution in [3.63, 3.8) is 0 Å². The fourth-order valence-electron chi connectivity index (χ4n) is 1.60. The van der Waals surface area contributed by atoms with E-state index in [1.54, 1.807) is 19.2 Å². The smallest absolute Gasteiger partial charge is 0.220 e. The molecule has 0 saturated heterocycles. The second-order valence-corrected chi connectivity index (χ2v) is 3.61. The summed E-state index contributed by atoms with van der Waals surface area (Å²) in [5.74, 6) is 0.276. The molecule has 0 fully saturated rings. The van der Waals surface area contributed by atoms with Crippen LogP contribution in [0.4, 0.5) is 10.3 Å². The van der Waals surface area contributed by atoms with Crippen LogP contribution in [0.15, 0.2) is 24.4 Å². The molecule has 2 N–H and O–H groups in total. The second kappa shape index (κ2) is 4.37. The predicted molar refractivity (Wildman–Crippen MR) is 63.1 cm³/mol. The van der Waals surface area contributed by atoms with E-state index in [2.05, 4.69) is 9.97 Å². The highest BCUT2D eigenvalue weighted by atomic mass is 19.1. The lowest BCUT2D eigenvalue weighted by Crippen LogP contribution is -2.00. The molecule has 0 aliphatic rings. The topological polar surface area (TPSA) is 61.0 Å². The Kier molecular flexibility index (Phi) is 2.91. The Bertz CT molecular complexity index is 557. The van der Waals surface area contributed by atoms with Crippen LogP contribution in [0.2, 0.25) is 0 Å². The van der Waals surface area contributed by atoms with E-state index in [4.69, 9.17) is 10.5 Å². The van der Waals surface area contributed by atoms with Gasteiger partial charge < -0.3 is 10.5 Å². The van der Waals surface area contributed by atoms with Crippen LogP contribution in [-0.2, 0) is 0 Å². The van der Waals surface area contributed by atoms with Gasteiger partial charge in [-0.25, -0.2) is 14.4 Å². The number of benzene rings is 1. The van der Waals surface area contributed by atoms with E-state index in [9.17, 15) is 4.39 Å². The van der Waals surface area contributed by atoms with Crippen molar-refractivity contribution in [3.8, 4) is 17.0 Å². The number of anilines is 1. The van der Waals surface area contributed by atoms with Gasteiger partial charge in [-0.05, 0) is 30.7 Å². The normalized spacial score (nSPS) is 10.3. The summed E-state index contributed by atoms with van der Waals surface area (Å²) in [6, 6.07) is 5.31. The highest BCUT2D eigenvalue weighted by Gasteiger charge is 2.11. The molecule has 17 heavy (non-hydrogen) atoms. The first-order valence-corrected chi connectivity index (χ1v) is 5.05. The van der Waals surface area contributed by atoms with Crippen molar-refractivity contribution in [1.29, 1.82) is 0 Å². The third-order valence-corrected chi connectivity index (χ3v) is 2.45. The molecule has 2 rings (SSSR count). The number of aryl methyl sites for hydroxylation is 1. The lowest BCUT2D eigenvalue weighted by atomic mass is 10.0. The van der Waals surface area contributed by atoms with Crippen LogP contribution >= 0.6 is 0 Å². The van der Waals surface area contributed by atoms with Crippen LogP contribution in [0, 0.1) is 12.7 Å². The van der Waals surface area contributed by atoms with Crippen molar-refractivity contribution in [2.24, 2.45) is 0 Å². The van der Waals surface area contributed by atoms with Gasteiger partial charge in [-0.15, -0.1) is 0 Å². The van der Waals surface area contributed by atoms with Crippen molar-refractivity contribution in [3.05, 3.63) is 35.8 Å². The summed E-state index contributed by atoms with van der Waals surface area (Å²) in [6.07, 6.45) is 1.07. The van der Waals surface area contributed by atoms with Crippen LogP contribution in [0.1, 0.15) is 5.56 Å². The second-order valence-electron chi connectivity index (χ2n) is 3.61.